The first-order valence-corrected chi connectivity index (χ1v) is 6.72. The molecule has 5 nitrogen and oxygen atoms in total. The Hall–Kier alpha value is -1.91. The summed E-state index contributed by atoms with van der Waals surface area (Å²) in [4.78, 5) is 26.6. The number of amides is 2. The quantitative estimate of drug-likeness (QED) is 0.641. The van der Waals surface area contributed by atoms with Gasteiger partial charge in [0.15, 0.2) is 0 Å². The van der Waals surface area contributed by atoms with E-state index in [1.54, 1.807) is 12.4 Å². The predicted octanol–water partition coefficient (Wildman–Crippen LogP) is 1.28. The number of nitrogens with one attached hydrogen (secondary N) is 1. The molecule has 2 aliphatic carbocycles. The number of rotatable bonds is 2. The van der Waals surface area contributed by atoms with Gasteiger partial charge in [-0.3, -0.25) is 19.6 Å². The molecule has 1 saturated carbocycles. The van der Waals surface area contributed by atoms with Crippen molar-refractivity contribution in [2.75, 3.05) is 0 Å². The van der Waals surface area contributed by atoms with Crippen molar-refractivity contribution in [3.8, 4) is 0 Å². The van der Waals surface area contributed by atoms with E-state index in [0.29, 0.717) is 0 Å². The molecule has 2 bridgehead atoms. The van der Waals surface area contributed by atoms with Gasteiger partial charge in [0.25, 0.3) is 0 Å². The number of carbonyl (C=O) groups excluding carboxylic acids is 2. The van der Waals surface area contributed by atoms with Crippen LogP contribution >= 0.6 is 0 Å². The number of allylic oxidation sites excluding steroid dienone is 2. The highest BCUT2D eigenvalue weighted by atomic mass is 16.2. The SMILES string of the molecule is CC(c1cn[nH]c1)N1C(=O)C2C3C=CC(C3)C2C1=O. The zero-order valence-electron chi connectivity index (χ0n) is 10.6. The molecule has 0 aromatic carbocycles. The predicted molar refractivity (Wildman–Crippen MR) is 66.6 cm³/mol. The summed E-state index contributed by atoms with van der Waals surface area (Å²) >= 11 is 0. The number of imide groups is 1. The molecular weight excluding hydrogens is 242 g/mol. The third-order valence-corrected chi connectivity index (χ3v) is 4.89. The standard InChI is InChI=1S/C14H15N3O2/c1-7(10-5-15-16-6-10)17-13(18)11-8-2-3-9(4-8)12(11)14(17)19/h2-3,5-9,11-12H,4H2,1H3,(H,15,16). The molecule has 19 heavy (non-hydrogen) atoms. The summed E-state index contributed by atoms with van der Waals surface area (Å²) in [6, 6.07) is -0.233. The molecule has 1 aliphatic heterocycles. The van der Waals surface area contributed by atoms with E-state index >= 15 is 0 Å². The normalized spacial score (nSPS) is 37.2. The van der Waals surface area contributed by atoms with Crippen LogP contribution in [0.25, 0.3) is 0 Å². The van der Waals surface area contributed by atoms with Crippen molar-refractivity contribution in [1.82, 2.24) is 15.1 Å². The lowest BCUT2D eigenvalue weighted by molar-refractivity contribution is -0.143. The van der Waals surface area contributed by atoms with E-state index in [-0.39, 0.29) is 41.5 Å². The van der Waals surface area contributed by atoms with E-state index in [1.807, 2.05) is 6.92 Å². The van der Waals surface area contributed by atoms with Crippen molar-refractivity contribution in [2.24, 2.45) is 23.7 Å². The van der Waals surface area contributed by atoms with E-state index < -0.39 is 0 Å². The number of hydrogen-bond donors (Lipinski definition) is 1. The highest BCUT2D eigenvalue weighted by Gasteiger charge is 2.60. The molecule has 0 spiro atoms. The Balaban J connectivity index is 1.69. The number of likely N-dealkylation sites (tertiary alicyclic amines) is 1. The fourth-order valence-electron chi connectivity index (χ4n) is 3.95. The van der Waals surface area contributed by atoms with Gasteiger partial charge in [0.1, 0.15) is 0 Å². The van der Waals surface area contributed by atoms with Crippen molar-refractivity contribution in [3.05, 3.63) is 30.1 Å². The van der Waals surface area contributed by atoms with Crippen LogP contribution in [0.1, 0.15) is 24.9 Å². The van der Waals surface area contributed by atoms with E-state index in [1.165, 1.54) is 4.90 Å². The number of fused-ring (bicyclic) bond motifs is 5. The molecule has 5 unspecified atom stereocenters. The molecule has 4 rings (SSSR count). The van der Waals surface area contributed by atoms with Crippen LogP contribution in [0.3, 0.4) is 0 Å². The molecule has 5 heteroatoms. The van der Waals surface area contributed by atoms with Crippen molar-refractivity contribution >= 4 is 11.8 Å². The average molecular weight is 257 g/mol. The van der Waals surface area contributed by atoms with Gasteiger partial charge in [-0.1, -0.05) is 12.2 Å². The molecule has 1 aromatic heterocycles. The second kappa shape index (κ2) is 3.56. The third kappa shape index (κ3) is 1.27. The van der Waals surface area contributed by atoms with Crippen LogP contribution < -0.4 is 0 Å². The lowest BCUT2D eigenvalue weighted by Crippen LogP contribution is -2.35. The maximum absolute atomic E-state index is 12.6. The van der Waals surface area contributed by atoms with Crippen LogP contribution in [0.2, 0.25) is 0 Å². The summed E-state index contributed by atoms with van der Waals surface area (Å²) in [5.74, 6) is 0.316. The molecule has 2 heterocycles. The Kier molecular flexibility index (Phi) is 2.05. The average Bonchev–Trinajstić information content (AvgIpc) is 3.13. The molecule has 0 radical (unpaired) electrons. The van der Waals surface area contributed by atoms with E-state index in [0.717, 1.165) is 12.0 Å². The highest BCUT2D eigenvalue weighted by Crippen LogP contribution is 2.53. The van der Waals surface area contributed by atoms with E-state index in [4.69, 9.17) is 0 Å². The summed E-state index contributed by atoms with van der Waals surface area (Å²) in [7, 11) is 0. The molecule has 1 aromatic rings. The first-order chi connectivity index (χ1) is 9.18. The van der Waals surface area contributed by atoms with Crippen LogP contribution in [-0.4, -0.2) is 26.9 Å². The molecular formula is C14H15N3O2. The third-order valence-electron chi connectivity index (χ3n) is 4.89. The van der Waals surface area contributed by atoms with Gasteiger partial charge in [-0.05, 0) is 25.2 Å². The van der Waals surface area contributed by atoms with Gasteiger partial charge in [0.05, 0.1) is 24.1 Å². The van der Waals surface area contributed by atoms with Gasteiger partial charge in [-0.15, -0.1) is 0 Å². The number of hydrogen-bond acceptors (Lipinski definition) is 3. The van der Waals surface area contributed by atoms with Crippen molar-refractivity contribution < 1.29 is 9.59 Å². The minimum Gasteiger partial charge on any atom is -0.285 e. The Bertz CT molecular complexity index is 548. The number of nitrogens with zero attached hydrogens (tertiary/aromatic N) is 2. The van der Waals surface area contributed by atoms with Gasteiger partial charge < -0.3 is 0 Å². The molecule has 2 amide bonds. The lowest BCUT2D eigenvalue weighted by Gasteiger charge is -2.23. The van der Waals surface area contributed by atoms with Gasteiger partial charge in [0, 0.05) is 11.8 Å². The van der Waals surface area contributed by atoms with E-state index in [9.17, 15) is 9.59 Å². The molecule has 98 valence electrons. The minimum absolute atomic E-state index is 0.000509. The molecule has 5 atom stereocenters. The number of carbonyl (C=O) groups is 2. The molecule has 3 aliphatic rings. The summed E-state index contributed by atoms with van der Waals surface area (Å²) in [5, 5.41) is 6.63. The Morgan fingerprint density at radius 1 is 1.26 bits per heavy atom. The number of aromatic amines is 1. The first kappa shape index (κ1) is 11.0. The second-order valence-corrected chi connectivity index (χ2v) is 5.75. The van der Waals surface area contributed by atoms with Crippen LogP contribution in [0.15, 0.2) is 24.5 Å². The van der Waals surface area contributed by atoms with Crippen LogP contribution in [0.5, 0.6) is 0 Å². The van der Waals surface area contributed by atoms with Crippen LogP contribution in [0, 0.1) is 23.7 Å². The summed E-state index contributed by atoms with van der Waals surface area (Å²) in [6.07, 6.45) is 8.62. The maximum Gasteiger partial charge on any atom is 0.234 e. The number of aromatic nitrogens is 2. The molecule has 2 fully saturated rings. The topological polar surface area (TPSA) is 66.1 Å². The van der Waals surface area contributed by atoms with Crippen LogP contribution in [-0.2, 0) is 9.59 Å². The molecule has 1 saturated heterocycles. The zero-order chi connectivity index (χ0) is 13.1. The Morgan fingerprint density at radius 2 is 1.89 bits per heavy atom. The fourth-order valence-corrected chi connectivity index (χ4v) is 3.95. The summed E-state index contributed by atoms with van der Waals surface area (Å²) in [6.45, 7) is 1.89. The number of H-pyrrole nitrogens is 1. The monoisotopic (exact) mass is 257 g/mol. The van der Waals surface area contributed by atoms with Crippen LogP contribution in [0.4, 0.5) is 0 Å². The van der Waals surface area contributed by atoms with E-state index in [2.05, 4.69) is 22.3 Å². The van der Waals surface area contributed by atoms with Gasteiger partial charge in [-0.25, -0.2) is 0 Å². The molecule has 1 N–H and O–H groups in total. The second-order valence-electron chi connectivity index (χ2n) is 5.75. The van der Waals surface area contributed by atoms with Crippen molar-refractivity contribution in [1.29, 1.82) is 0 Å². The van der Waals surface area contributed by atoms with Crippen molar-refractivity contribution in [3.63, 3.8) is 0 Å². The highest BCUT2D eigenvalue weighted by molar-refractivity contribution is 6.06. The fraction of sp³-hybridized carbons (Fsp3) is 0.500. The Morgan fingerprint density at radius 3 is 2.42 bits per heavy atom. The minimum atomic E-state index is -0.233. The summed E-state index contributed by atoms with van der Waals surface area (Å²) < 4.78 is 0. The van der Waals surface area contributed by atoms with Gasteiger partial charge in [-0.2, -0.15) is 5.10 Å². The maximum atomic E-state index is 12.6. The zero-order valence-corrected chi connectivity index (χ0v) is 10.6. The Labute approximate surface area is 110 Å². The van der Waals surface area contributed by atoms with Gasteiger partial charge in [0.2, 0.25) is 11.8 Å². The largest absolute Gasteiger partial charge is 0.285 e. The lowest BCUT2D eigenvalue weighted by atomic mass is 9.85. The van der Waals surface area contributed by atoms with Gasteiger partial charge >= 0.3 is 0 Å². The smallest absolute Gasteiger partial charge is 0.234 e. The summed E-state index contributed by atoms with van der Waals surface area (Å²) in [5.41, 5.74) is 0.877. The van der Waals surface area contributed by atoms with Crippen molar-refractivity contribution in [2.45, 2.75) is 19.4 Å². The first-order valence-electron chi connectivity index (χ1n) is 6.72.